The third kappa shape index (κ3) is 3.75. The van der Waals surface area contributed by atoms with Gasteiger partial charge in [0.05, 0.1) is 12.8 Å². The highest BCUT2D eigenvalue weighted by Gasteiger charge is 2.21. The summed E-state index contributed by atoms with van der Waals surface area (Å²) in [6.45, 7) is 1.44. The van der Waals surface area contributed by atoms with Crippen LogP contribution >= 0.6 is 0 Å². The molecule has 0 radical (unpaired) electrons. The minimum atomic E-state index is -0.0797. The number of carbonyl (C=O) groups is 2. The van der Waals surface area contributed by atoms with Gasteiger partial charge in [-0.15, -0.1) is 0 Å². The van der Waals surface area contributed by atoms with Gasteiger partial charge in [0.15, 0.2) is 0 Å². The average molecular weight is 303 g/mol. The van der Waals surface area contributed by atoms with Gasteiger partial charge in [-0.05, 0) is 43.2 Å². The Labute approximate surface area is 129 Å². The molecule has 0 aromatic carbocycles. The summed E-state index contributed by atoms with van der Waals surface area (Å²) in [5.41, 5.74) is 1.09. The van der Waals surface area contributed by atoms with Crippen molar-refractivity contribution in [3.63, 3.8) is 0 Å². The molecule has 1 unspecified atom stereocenters. The summed E-state index contributed by atoms with van der Waals surface area (Å²) in [4.78, 5) is 27.9. The van der Waals surface area contributed by atoms with Crippen molar-refractivity contribution in [1.29, 1.82) is 0 Å². The van der Waals surface area contributed by atoms with Crippen LogP contribution < -0.4 is 15.4 Å². The fourth-order valence-corrected chi connectivity index (χ4v) is 3.01. The molecule has 3 rings (SSSR count). The molecule has 0 aliphatic carbocycles. The van der Waals surface area contributed by atoms with E-state index in [4.69, 9.17) is 4.74 Å². The van der Waals surface area contributed by atoms with E-state index in [0.717, 1.165) is 43.6 Å². The fraction of sp³-hybridized carbons (Fsp3) is 0.562. The van der Waals surface area contributed by atoms with E-state index < -0.39 is 0 Å². The highest BCUT2D eigenvalue weighted by atomic mass is 16.5. The Bertz CT molecular complexity index is 574. The zero-order chi connectivity index (χ0) is 15.4. The molecule has 22 heavy (non-hydrogen) atoms. The van der Waals surface area contributed by atoms with E-state index in [1.165, 1.54) is 0 Å². The number of hydrogen-bond acceptors (Lipinski definition) is 4. The van der Waals surface area contributed by atoms with E-state index in [0.29, 0.717) is 25.2 Å². The third-order valence-electron chi connectivity index (χ3n) is 4.12. The summed E-state index contributed by atoms with van der Waals surface area (Å²) in [5.74, 6) is 1.45. The number of aryl methyl sites for hydroxylation is 1. The van der Waals surface area contributed by atoms with Gasteiger partial charge in [-0.2, -0.15) is 0 Å². The van der Waals surface area contributed by atoms with Crippen LogP contribution in [0.1, 0.15) is 37.7 Å². The van der Waals surface area contributed by atoms with Gasteiger partial charge in [0.25, 0.3) is 0 Å². The zero-order valence-corrected chi connectivity index (χ0v) is 12.6. The highest BCUT2D eigenvalue weighted by molar-refractivity contribution is 5.90. The summed E-state index contributed by atoms with van der Waals surface area (Å²) in [6.07, 6.45) is 6.23. The number of carbonyl (C=O) groups excluding carboxylic acids is 2. The second-order valence-electron chi connectivity index (χ2n) is 5.94. The molecule has 1 atom stereocenters. The number of nitrogens with zero attached hydrogens (tertiary/aromatic N) is 1. The van der Waals surface area contributed by atoms with E-state index in [1.54, 1.807) is 6.20 Å². The first-order chi connectivity index (χ1) is 10.7. The van der Waals surface area contributed by atoms with E-state index in [1.807, 2.05) is 6.07 Å². The van der Waals surface area contributed by atoms with Crippen molar-refractivity contribution < 1.29 is 14.3 Å². The molecule has 0 bridgehead atoms. The number of nitrogens with one attached hydrogen (secondary N) is 2. The summed E-state index contributed by atoms with van der Waals surface area (Å²) in [7, 11) is 0. The van der Waals surface area contributed by atoms with Gasteiger partial charge < -0.3 is 15.4 Å². The van der Waals surface area contributed by atoms with Crippen molar-refractivity contribution in [3.8, 4) is 5.75 Å². The van der Waals surface area contributed by atoms with Crippen LogP contribution in [0.4, 0.5) is 5.82 Å². The molecule has 118 valence electrons. The fourth-order valence-electron chi connectivity index (χ4n) is 3.01. The Balaban J connectivity index is 1.58. The molecule has 3 heterocycles. The largest absolute Gasteiger partial charge is 0.492 e. The normalized spacial score (nSPS) is 21.1. The average Bonchev–Trinajstić information content (AvgIpc) is 2.71. The molecular weight excluding hydrogens is 282 g/mol. The quantitative estimate of drug-likeness (QED) is 0.890. The van der Waals surface area contributed by atoms with Gasteiger partial charge >= 0.3 is 0 Å². The molecular formula is C16H21N3O3. The van der Waals surface area contributed by atoms with Crippen molar-refractivity contribution >= 4 is 17.6 Å². The molecule has 0 spiro atoms. The highest BCUT2D eigenvalue weighted by Crippen LogP contribution is 2.26. The molecule has 0 saturated carbocycles. The van der Waals surface area contributed by atoms with Gasteiger partial charge in [-0.3, -0.25) is 9.59 Å². The van der Waals surface area contributed by atoms with Crippen LogP contribution in [0.15, 0.2) is 12.3 Å². The Morgan fingerprint density at radius 2 is 2.36 bits per heavy atom. The molecule has 2 aliphatic heterocycles. The molecule has 1 aromatic rings. The predicted octanol–water partition coefficient (Wildman–Crippen LogP) is 1.65. The maximum absolute atomic E-state index is 12.2. The second kappa shape index (κ2) is 6.77. The topological polar surface area (TPSA) is 80.3 Å². The summed E-state index contributed by atoms with van der Waals surface area (Å²) >= 11 is 0. The molecule has 2 amide bonds. The maximum Gasteiger partial charge on any atom is 0.225 e. The number of fused-ring (bicyclic) bond motifs is 1. The second-order valence-corrected chi connectivity index (χ2v) is 5.94. The minimum Gasteiger partial charge on any atom is -0.492 e. The summed E-state index contributed by atoms with van der Waals surface area (Å²) in [6, 6.07) is 1.88. The van der Waals surface area contributed by atoms with Gasteiger partial charge in [0.2, 0.25) is 11.8 Å². The molecule has 6 nitrogen and oxygen atoms in total. The van der Waals surface area contributed by atoms with Gasteiger partial charge in [0.1, 0.15) is 11.6 Å². The van der Waals surface area contributed by atoms with Crippen molar-refractivity contribution in [2.45, 2.75) is 38.5 Å². The monoisotopic (exact) mass is 303 g/mol. The van der Waals surface area contributed by atoms with Crippen molar-refractivity contribution in [3.05, 3.63) is 17.8 Å². The number of anilines is 1. The van der Waals surface area contributed by atoms with E-state index in [9.17, 15) is 9.59 Å². The van der Waals surface area contributed by atoms with E-state index in [2.05, 4.69) is 15.6 Å². The third-order valence-corrected chi connectivity index (χ3v) is 4.12. The van der Waals surface area contributed by atoms with Gasteiger partial charge in [-0.25, -0.2) is 4.98 Å². The SMILES string of the molecule is O=C1CC(CC(=O)Nc2cc3c(cn2)OCCC3)CCCN1. The number of rotatable bonds is 3. The van der Waals surface area contributed by atoms with Crippen LogP contribution in [-0.2, 0) is 16.0 Å². The Morgan fingerprint density at radius 3 is 3.27 bits per heavy atom. The number of aromatic nitrogens is 1. The minimum absolute atomic E-state index is 0.0411. The summed E-state index contributed by atoms with van der Waals surface area (Å²) in [5, 5.41) is 5.67. The van der Waals surface area contributed by atoms with Crippen LogP contribution in [0.5, 0.6) is 5.75 Å². The number of hydrogen-bond donors (Lipinski definition) is 2. The van der Waals surface area contributed by atoms with Crippen LogP contribution in [0.25, 0.3) is 0 Å². The molecule has 1 saturated heterocycles. The van der Waals surface area contributed by atoms with Crippen LogP contribution in [0.2, 0.25) is 0 Å². The maximum atomic E-state index is 12.2. The van der Waals surface area contributed by atoms with Crippen molar-refractivity contribution in [2.75, 3.05) is 18.5 Å². The zero-order valence-electron chi connectivity index (χ0n) is 12.6. The van der Waals surface area contributed by atoms with Gasteiger partial charge in [-0.1, -0.05) is 0 Å². The Morgan fingerprint density at radius 1 is 1.45 bits per heavy atom. The number of amides is 2. The van der Waals surface area contributed by atoms with Crippen LogP contribution in [0, 0.1) is 5.92 Å². The van der Waals surface area contributed by atoms with E-state index >= 15 is 0 Å². The molecule has 2 N–H and O–H groups in total. The lowest BCUT2D eigenvalue weighted by molar-refractivity contribution is -0.122. The van der Waals surface area contributed by atoms with E-state index in [-0.39, 0.29) is 17.7 Å². The number of ether oxygens (including phenoxy) is 1. The van der Waals surface area contributed by atoms with Crippen LogP contribution in [-0.4, -0.2) is 29.9 Å². The number of pyridine rings is 1. The molecule has 2 aliphatic rings. The van der Waals surface area contributed by atoms with Crippen molar-refractivity contribution in [2.24, 2.45) is 5.92 Å². The molecule has 6 heteroatoms. The van der Waals surface area contributed by atoms with Crippen LogP contribution in [0.3, 0.4) is 0 Å². The van der Waals surface area contributed by atoms with Gasteiger partial charge in [0, 0.05) is 19.4 Å². The molecule has 1 fully saturated rings. The summed E-state index contributed by atoms with van der Waals surface area (Å²) < 4.78 is 5.51. The first kappa shape index (κ1) is 14.8. The molecule has 1 aromatic heterocycles. The Hall–Kier alpha value is -2.11. The van der Waals surface area contributed by atoms with Crippen molar-refractivity contribution in [1.82, 2.24) is 10.3 Å². The lowest BCUT2D eigenvalue weighted by Crippen LogP contribution is -2.24. The smallest absolute Gasteiger partial charge is 0.225 e. The predicted molar refractivity (Wildman–Crippen MR) is 81.7 cm³/mol. The Kier molecular flexibility index (Phi) is 4.56. The lowest BCUT2D eigenvalue weighted by Gasteiger charge is -2.17. The standard InChI is InChI=1S/C16H21N3O3/c20-15-7-11(3-1-5-17-15)8-16(21)19-14-9-12-4-2-6-22-13(12)10-18-14/h9-11H,1-8H2,(H,17,20)(H,18,19,21). The lowest BCUT2D eigenvalue weighted by atomic mass is 9.96. The first-order valence-corrected chi connectivity index (χ1v) is 7.89. The first-order valence-electron chi connectivity index (χ1n) is 7.89.